The van der Waals surface area contributed by atoms with Gasteiger partial charge < -0.3 is 31.5 Å². The molecular weight excluding hydrogens is 280 g/mol. The Morgan fingerprint density at radius 3 is 2.62 bits per heavy atom. The van der Waals surface area contributed by atoms with Crippen molar-refractivity contribution in [2.24, 2.45) is 0 Å². The van der Waals surface area contributed by atoms with Gasteiger partial charge >= 0.3 is 0 Å². The van der Waals surface area contributed by atoms with Gasteiger partial charge in [-0.1, -0.05) is 0 Å². The average Bonchev–Trinajstić information content (AvgIpc) is 2.93. The fourth-order valence-corrected chi connectivity index (χ4v) is 2.46. The third-order valence-electron chi connectivity index (χ3n) is 3.49. The molecule has 5 atom stereocenters. The molecule has 21 heavy (non-hydrogen) atoms. The van der Waals surface area contributed by atoms with Crippen molar-refractivity contribution in [3.05, 3.63) is 6.33 Å². The minimum Gasteiger partial charge on any atom is -0.391 e. The van der Waals surface area contributed by atoms with E-state index in [-0.39, 0.29) is 17.4 Å². The van der Waals surface area contributed by atoms with Gasteiger partial charge in [-0.3, -0.25) is 4.57 Å². The van der Waals surface area contributed by atoms with Crippen LogP contribution in [0.2, 0.25) is 0 Å². The number of rotatable bonds is 2. The lowest BCUT2D eigenvalue weighted by molar-refractivity contribution is -0.0777. The van der Waals surface area contributed by atoms with E-state index in [1.165, 1.54) is 17.8 Å². The standard InChI is InChI=1S/C11H16N6O4/c1-3(18)7-5(19)6(20)10(21-7)17-2-14-4-8(12)15-11(13)16-9(4)17/h2-3,5-7,10,18-20H,1H3,(H4,12,13,15,16). The highest BCUT2D eigenvalue weighted by molar-refractivity contribution is 5.82. The molecule has 0 saturated carbocycles. The SMILES string of the molecule is CC(O)C1OC(n2cnc3c(N)nc(N)nc32)C(O)C1O. The van der Waals surface area contributed by atoms with Crippen LogP contribution in [0.25, 0.3) is 11.2 Å². The van der Waals surface area contributed by atoms with Crippen LogP contribution in [0.5, 0.6) is 0 Å². The lowest BCUT2D eigenvalue weighted by Gasteiger charge is -2.17. The van der Waals surface area contributed by atoms with Gasteiger partial charge in [0.05, 0.1) is 12.4 Å². The molecule has 3 rings (SSSR count). The quantitative estimate of drug-likeness (QED) is 0.421. The van der Waals surface area contributed by atoms with Crippen molar-refractivity contribution in [1.82, 2.24) is 19.5 Å². The third kappa shape index (κ3) is 2.08. The molecule has 5 unspecified atom stereocenters. The smallest absolute Gasteiger partial charge is 0.224 e. The molecule has 1 fully saturated rings. The van der Waals surface area contributed by atoms with E-state index in [1.807, 2.05) is 0 Å². The van der Waals surface area contributed by atoms with Crippen molar-refractivity contribution >= 4 is 22.9 Å². The molecule has 0 aliphatic carbocycles. The number of nitrogens with two attached hydrogens (primary N) is 2. The zero-order valence-electron chi connectivity index (χ0n) is 11.2. The van der Waals surface area contributed by atoms with Crippen LogP contribution in [0.3, 0.4) is 0 Å². The highest BCUT2D eigenvalue weighted by Crippen LogP contribution is 2.33. The number of hydrogen-bond donors (Lipinski definition) is 5. The molecule has 0 bridgehead atoms. The Morgan fingerprint density at radius 1 is 1.29 bits per heavy atom. The maximum atomic E-state index is 10.1. The van der Waals surface area contributed by atoms with E-state index in [1.54, 1.807) is 0 Å². The zero-order chi connectivity index (χ0) is 15.3. The molecule has 1 aliphatic heterocycles. The molecule has 7 N–H and O–H groups in total. The molecule has 114 valence electrons. The van der Waals surface area contributed by atoms with Crippen LogP contribution in [0, 0.1) is 0 Å². The van der Waals surface area contributed by atoms with E-state index >= 15 is 0 Å². The summed E-state index contributed by atoms with van der Waals surface area (Å²) in [6, 6.07) is 0. The Morgan fingerprint density at radius 2 is 2.00 bits per heavy atom. The van der Waals surface area contributed by atoms with E-state index in [9.17, 15) is 15.3 Å². The Bertz CT molecular complexity index is 674. The highest BCUT2D eigenvalue weighted by atomic mass is 16.6. The number of aliphatic hydroxyl groups excluding tert-OH is 3. The van der Waals surface area contributed by atoms with Crippen molar-refractivity contribution in [3.63, 3.8) is 0 Å². The van der Waals surface area contributed by atoms with Crippen LogP contribution in [-0.2, 0) is 4.74 Å². The van der Waals surface area contributed by atoms with E-state index < -0.39 is 30.6 Å². The first-order chi connectivity index (χ1) is 9.90. The van der Waals surface area contributed by atoms with Crippen LogP contribution in [0.4, 0.5) is 11.8 Å². The van der Waals surface area contributed by atoms with E-state index in [2.05, 4.69) is 15.0 Å². The number of nitrogens with zero attached hydrogens (tertiary/aromatic N) is 4. The second-order valence-corrected chi connectivity index (χ2v) is 5.00. The molecule has 10 nitrogen and oxygen atoms in total. The number of fused-ring (bicyclic) bond motifs is 1. The Hall–Kier alpha value is -2.01. The van der Waals surface area contributed by atoms with Gasteiger partial charge in [-0.25, -0.2) is 4.98 Å². The number of hydrogen-bond acceptors (Lipinski definition) is 9. The van der Waals surface area contributed by atoms with Gasteiger partial charge in [-0.15, -0.1) is 0 Å². The van der Waals surface area contributed by atoms with Crippen molar-refractivity contribution in [1.29, 1.82) is 0 Å². The molecule has 10 heteroatoms. The number of aromatic nitrogens is 4. The summed E-state index contributed by atoms with van der Waals surface area (Å²) >= 11 is 0. The van der Waals surface area contributed by atoms with Gasteiger partial charge in [-0.05, 0) is 6.92 Å². The summed E-state index contributed by atoms with van der Waals surface area (Å²) in [6.45, 7) is 1.47. The Balaban J connectivity index is 2.05. The molecule has 0 amide bonds. The molecule has 0 radical (unpaired) electrons. The van der Waals surface area contributed by atoms with Crippen molar-refractivity contribution in [2.45, 2.75) is 37.6 Å². The highest BCUT2D eigenvalue weighted by Gasteiger charge is 2.46. The van der Waals surface area contributed by atoms with Gasteiger partial charge in [0.2, 0.25) is 5.95 Å². The maximum Gasteiger partial charge on any atom is 0.224 e. The average molecular weight is 296 g/mol. The van der Waals surface area contributed by atoms with Gasteiger partial charge in [0.15, 0.2) is 17.7 Å². The molecule has 1 saturated heterocycles. The molecule has 0 aromatic carbocycles. The summed E-state index contributed by atoms with van der Waals surface area (Å²) in [6.07, 6.45) is -3.94. The van der Waals surface area contributed by atoms with Crippen molar-refractivity contribution in [2.75, 3.05) is 11.5 Å². The molecule has 2 aromatic rings. The molecule has 1 aliphatic rings. The molecule has 0 spiro atoms. The normalized spacial score (nSPS) is 30.9. The van der Waals surface area contributed by atoms with Gasteiger partial charge in [-0.2, -0.15) is 9.97 Å². The topological polar surface area (TPSA) is 166 Å². The van der Waals surface area contributed by atoms with Crippen LogP contribution in [0.1, 0.15) is 13.2 Å². The minimum atomic E-state index is -1.25. The summed E-state index contributed by atoms with van der Waals surface area (Å²) in [5, 5.41) is 29.6. The molecule has 2 aromatic heterocycles. The number of nitrogen functional groups attached to an aromatic ring is 2. The zero-order valence-corrected chi connectivity index (χ0v) is 11.2. The van der Waals surface area contributed by atoms with Crippen LogP contribution in [-0.4, -0.2) is 59.3 Å². The maximum absolute atomic E-state index is 10.1. The van der Waals surface area contributed by atoms with Crippen LogP contribution in [0.15, 0.2) is 6.33 Å². The van der Waals surface area contributed by atoms with E-state index in [4.69, 9.17) is 16.2 Å². The van der Waals surface area contributed by atoms with Crippen molar-refractivity contribution in [3.8, 4) is 0 Å². The van der Waals surface area contributed by atoms with E-state index in [0.29, 0.717) is 5.52 Å². The predicted molar refractivity (Wildman–Crippen MR) is 71.8 cm³/mol. The summed E-state index contributed by atoms with van der Waals surface area (Å²) < 4.78 is 6.91. The lowest BCUT2D eigenvalue weighted by Crippen LogP contribution is -2.37. The Kier molecular flexibility index (Phi) is 3.17. The second kappa shape index (κ2) is 4.77. The largest absolute Gasteiger partial charge is 0.391 e. The minimum absolute atomic E-state index is 0.0399. The van der Waals surface area contributed by atoms with Crippen LogP contribution >= 0.6 is 0 Å². The van der Waals surface area contributed by atoms with Gasteiger partial charge in [0.25, 0.3) is 0 Å². The first kappa shape index (κ1) is 13.9. The van der Waals surface area contributed by atoms with Crippen molar-refractivity contribution < 1.29 is 20.1 Å². The summed E-state index contributed by atoms with van der Waals surface area (Å²) in [4.78, 5) is 11.9. The summed E-state index contributed by atoms with van der Waals surface area (Å²) in [5.74, 6) is 0.0678. The molecular formula is C11H16N6O4. The van der Waals surface area contributed by atoms with Crippen LogP contribution < -0.4 is 11.5 Å². The number of imidazole rings is 1. The monoisotopic (exact) mass is 296 g/mol. The molecule has 3 heterocycles. The van der Waals surface area contributed by atoms with Gasteiger partial charge in [0, 0.05) is 0 Å². The number of ether oxygens (including phenoxy) is 1. The Labute approximate surface area is 119 Å². The first-order valence-corrected chi connectivity index (χ1v) is 6.35. The summed E-state index contributed by atoms with van der Waals surface area (Å²) in [7, 11) is 0. The summed E-state index contributed by atoms with van der Waals surface area (Å²) in [5.41, 5.74) is 11.9. The fraction of sp³-hybridized carbons (Fsp3) is 0.545. The second-order valence-electron chi connectivity index (χ2n) is 5.00. The van der Waals surface area contributed by atoms with E-state index in [0.717, 1.165) is 0 Å². The first-order valence-electron chi connectivity index (χ1n) is 6.35. The number of anilines is 2. The van der Waals surface area contributed by atoms with Gasteiger partial charge in [0.1, 0.15) is 23.8 Å². The number of aliphatic hydroxyl groups is 3. The fourth-order valence-electron chi connectivity index (χ4n) is 2.46. The third-order valence-corrected chi connectivity index (χ3v) is 3.49. The lowest BCUT2D eigenvalue weighted by atomic mass is 10.1. The predicted octanol–water partition coefficient (Wildman–Crippen LogP) is -2.01.